The number of amides is 1. The SMILES string of the molecule is COc1nn(C(C)C(=O)Nc2c(C)cccc2C)cc1[N+](=O)[O-]. The van der Waals surface area contributed by atoms with Crippen LogP contribution in [0.4, 0.5) is 11.4 Å². The van der Waals surface area contributed by atoms with Crippen LogP contribution in [0.25, 0.3) is 0 Å². The maximum atomic E-state index is 12.4. The van der Waals surface area contributed by atoms with Crippen LogP contribution in [0.15, 0.2) is 24.4 Å². The number of ether oxygens (including phenoxy) is 1. The molecule has 0 aliphatic rings. The normalized spacial score (nSPS) is 11.8. The highest BCUT2D eigenvalue weighted by molar-refractivity contribution is 5.94. The van der Waals surface area contributed by atoms with Crippen molar-refractivity contribution in [3.8, 4) is 5.88 Å². The lowest BCUT2D eigenvalue weighted by atomic mass is 10.1. The van der Waals surface area contributed by atoms with E-state index in [0.717, 1.165) is 16.8 Å². The summed E-state index contributed by atoms with van der Waals surface area (Å²) in [4.78, 5) is 22.8. The lowest BCUT2D eigenvalue weighted by molar-refractivity contribution is -0.385. The third-order valence-electron chi connectivity index (χ3n) is 3.58. The molecule has 23 heavy (non-hydrogen) atoms. The Kier molecular flexibility index (Phi) is 4.63. The quantitative estimate of drug-likeness (QED) is 0.675. The van der Waals surface area contributed by atoms with Crippen LogP contribution in [0.2, 0.25) is 0 Å². The van der Waals surface area contributed by atoms with Crippen LogP contribution in [0.3, 0.4) is 0 Å². The van der Waals surface area contributed by atoms with Crippen molar-refractivity contribution in [1.29, 1.82) is 0 Å². The molecule has 2 aromatic rings. The summed E-state index contributed by atoms with van der Waals surface area (Å²) in [5, 5.41) is 17.7. The van der Waals surface area contributed by atoms with Crippen molar-refractivity contribution < 1.29 is 14.5 Å². The Labute approximate surface area is 133 Å². The maximum Gasteiger partial charge on any atom is 0.350 e. The summed E-state index contributed by atoms with van der Waals surface area (Å²) >= 11 is 0. The summed E-state index contributed by atoms with van der Waals surface area (Å²) in [6.45, 7) is 5.41. The van der Waals surface area contributed by atoms with Crippen LogP contribution in [-0.2, 0) is 4.79 Å². The zero-order valence-corrected chi connectivity index (χ0v) is 13.4. The fraction of sp³-hybridized carbons (Fsp3) is 0.333. The topological polar surface area (TPSA) is 99.3 Å². The highest BCUT2D eigenvalue weighted by atomic mass is 16.6. The molecule has 1 aromatic carbocycles. The smallest absolute Gasteiger partial charge is 0.350 e. The Morgan fingerprint density at radius 3 is 2.48 bits per heavy atom. The Balaban J connectivity index is 2.25. The number of methoxy groups -OCH3 is 1. The second kappa shape index (κ2) is 6.47. The molecule has 1 amide bonds. The first-order valence-corrected chi connectivity index (χ1v) is 6.99. The summed E-state index contributed by atoms with van der Waals surface area (Å²) in [7, 11) is 1.29. The van der Waals surface area contributed by atoms with Crippen LogP contribution in [0.5, 0.6) is 5.88 Å². The minimum absolute atomic E-state index is 0.123. The summed E-state index contributed by atoms with van der Waals surface area (Å²) < 4.78 is 6.09. The monoisotopic (exact) mass is 318 g/mol. The van der Waals surface area contributed by atoms with Gasteiger partial charge in [0, 0.05) is 5.69 Å². The number of aromatic nitrogens is 2. The van der Waals surface area contributed by atoms with Gasteiger partial charge in [0.1, 0.15) is 12.2 Å². The molecule has 1 N–H and O–H groups in total. The third kappa shape index (κ3) is 3.31. The van der Waals surface area contributed by atoms with E-state index in [9.17, 15) is 14.9 Å². The first kappa shape index (κ1) is 16.5. The molecule has 0 radical (unpaired) electrons. The van der Waals surface area contributed by atoms with E-state index < -0.39 is 11.0 Å². The number of anilines is 1. The van der Waals surface area contributed by atoms with Crippen LogP contribution >= 0.6 is 0 Å². The Bertz CT molecular complexity index is 734. The average Bonchev–Trinajstić information content (AvgIpc) is 2.94. The van der Waals surface area contributed by atoms with E-state index in [4.69, 9.17) is 4.74 Å². The van der Waals surface area contributed by atoms with Gasteiger partial charge in [-0.1, -0.05) is 18.2 Å². The Morgan fingerprint density at radius 1 is 1.39 bits per heavy atom. The first-order chi connectivity index (χ1) is 10.8. The second-order valence-corrected chi connectivity index (χ2v) is 5.19. The molecule has 1 heterocycles. The molecule has 8 nitrogen and oxygen atoms in total. The molecule has 0 saturated carbocycles. The number of para-hydroxylation sites is 1. The molecule has 1 unspecified atom stereocenters. The van der Waals surface area contributed by atoms with E-state index in [1.54, 1.807) is 6.92 Å². The lowest BCUT2D eigenvalue weighted by Gasteiger charge is -2.15. The van der Waals surface area contributed by atoms with Gasteiger partial charge in [0.05, 0.1) is 12.0 Å². The molecule has 0 saturated heterocycles. The van der Waals surface area contributed by atoms with E-state index in [-0.39, 0.29) is 17.5 Å². The predicted molar refractivity (Wildman–Crippen MR) is 84.7 cm³/mol. The van der Waals surface area contributed by atoms with Gasteiger partial charge in [0.25, 0.3) is 0 Å². The molecular formula is C15H18N4O4. The zero-order valence-electron chi connectivity index (χ0n) is 13.4. The van der Waals surface area contributed by atoms with Gasteiger partial charge in [-0.05, 0) is 31.9 Å². The Morgan fingerprint density at radius 2 is 2.00 bits per heavy atom. The van der Waals surface area contributed by atoms with Crippen LogP contribution in [0.1, 0.15) is 24.1 Å². The summed E-state index contributed by atoms with van der Waals surface area (Å²) in [5.74, 6) is -0.441. The second-order valence-electron chi connectivity index (χ2n) is 5.19. The molecule has 2 rings (SSSR count). The number of aryl methyl sites for hydroxylation is 2. The average molecular weight is 318 g/mol. The zero-order chi connectivity index (χ0) is 17.1. The van der Waals surface area contributed by atoms with E-state index in [2.05, 4.69) is 10.4 Å². The third-order valence-corrected chi connectivity index (χ3v) is 3.58. The Hall–Kier alpha value is -2.90. The number of carbonyl (C=O) groups is 1. The van der Waals surface area contributed by atoms with E-state index in [1.165, 1.54) is 18.0 Å². The van der Waals surface area contributed by atoms with Crippen LogP contribution in [-0.4, -0.2) is 27.7 Å². The van der Waals surface area contributed by atoms with Gasteiger partial charge in [-0.25, -0.2) is 4.68 Å². The van der Waals surface area contributed by atoms with Crippen molar-refractivity contribution >= 4 is 17.3 Å². The fourth-order valence-corrected chi connectivity index (χ4v) is 2.19. The van der Waals surface area contributed by atoms with Gasteiger partial charge < -0.3 is 10.1 Å². The highest BCUT2D eigenvalue weighted by Gasteiger charge is 2.25. The van der Waals surface area contributed by atoms with Crippen molar-refractivity contribution in [3.63, 3.8) is 0 Å². The van der Waals surface area contributed by atoms with Crippen LogP contribution in [0, 0.1) is 24.0 Å². The summed E-state index contributed by atoms with van der Waals surface area (Å²) in [6.07, 6.45) is 1.19. The van der Waals surface area contributed by atoms with Crippen LogP contribution < -0.4 is 10.1 Å². The summed E-state index contributed by atoms with van der Waals surface area (Å²) in [6, 6.07) is 4.98. The highest BCUT2D eigenvalue weighted by Crippen LogP contribution is 2.27. The number of nitro groups is 1. The number of hydrogen-bond donors (Lipinski definition) is 1. The molecule has 0 fully saturated rings. The van der Waals surface area contributed by atoms with Gasteiger partial charge >= 0.3 is 11.6 Å². The molecule has 0 aliphatic carbocycles. The van der Waals surface area contributed by atoms with Crippen molar-refractivity contribution in [2.24, 2.45) is 0 Å². The van der Waals surface area contributed by atoms with E-state index in [0.29, 0.717) is 0 Å². The number of nitrogens with one attached hydrogen (secondary N) is 1. The fourth-order valence-electron chi connectivity index (χ4n) is 2.19. The first-order valence-electron chi connectivity index (χ1n) is 6.99. The van der Waals surface area contributed by atoms with Gasteiger partial charge in [0.15, 0.2) is 0 Å². The van der Waals surface area contributed by atoms with Crippen molar-refractivity contribution in [1.82, 2.24) is 9.78 Å². The number of rotatable bonds is 5. The van der Waals surface area contributed by atoms with Crippen molar-refractivity contribution in [2.45, 2.75) is 26.8 Å². The minimum Gasteiger partial charge on any atom is -0.475 e. The molecule has 0 aliphatic heterocycles. The predicted octanol–water partition coefficient (Wildman–Crippen LogP) is 2.62. The van der Waals surface area contributed by atoms with Gasteiger partial charge in [0.2, 0.25) is 5.91 Å². The number of carbonyl (C=O) groups excluding carboxylic acids is 1. The summed E-state index contributed by atoms with van der Waals surface area (Å²) in [5.41, 5.74) is 2.33. The molecule has 0 bridgehead atoms. The molecule has 1 aromatic heterocycles. The van der Waals surface area contributed by atoms with Crippen molar-refractivity contribution in [2.75, 3.05) is 12.4 Å². The molecule has 0 spiro atoms. The van der Waals surface area contributed by atoms with E-state index >= 15 is 0 Å². The standard InChI is InChI=1S/C15H18N4O4/c1-9-6-5-7-10(2)13(9)16-14(20)11(3)18-8-12(19(21)22)15(17-18)23-4/h5-8,11H,1-4H3,(H,16,20). The lowest BCUT2D eigenvalue weighted by Crippen LogP contribution is -2.24. The minimum atomic E-state index is -0.725. The molecular weight excluding hydrogens is 300 g/mol. The molecule has 1 atom stereocenters. The molecule has 122 valence electrons. The van der Waals surface area contributed by atoms with E-state index in [1.807, 2.05) is 32.0 Å². The van der Waals surface area contributed by atoms with Gasteiger partial charge in [-0.15, -0.1) is 5.10 Å². The number of nitrogens with zero attached hydrogens (tertiary/aromatic N) is 3. The van der Waals surface area contributed by atoms with Gasteiger partial charge in [-0.3, -0.25) is 14.9 Å². The maximum absolute atomic E-state index is 12.4. The number of benzene rings is 1. The van der Waals surface area contributed by atoms with Gasteiger partial charge in [-0.2, -0.15) is 0 Å². The largest absolute Gasteiger partial charge is 0.475 e. The van der Waals surface area contributed by atoms with Crippen molar-refractivity contribution in [3.05, 3.63) is 45.6 Å². The molecule has 8 heteroatoms. The number of hydrogen-bond acceptors (Lipinski definition) is 5.